The van der Waals surface area contributed by atoms with Crippen LogP contribution in [0.25, 0.3) is 22.3 Å². The molecule has 5 unspecified atom stereocenters. The summed E-state index contributed by atoms with van der Waals surface area (Å²) in [6, 6.07) is 4.59. The predicted molar refractivity (Wildman–Crippen MR) is 119 cm³/mol. The standard InChI is InChI=1S/C23H24O12/c1-8-16(27)18(29)19(30)23(33-8)35-22-17(28)15-11(25)6-10(24)7-13(15)34-20(22)9-4-12(26)21(32-3)14(5-9)31-2/h4-8,16,18-19,23-27,29-30H,1-3H3. The molecule has 0 bridgehead atoms. The molecular weight excluding hydrogens is 468 g/mol. The zero-order valence-corrected chi connectivity index (χ0v) is 18.8. The maximum absolute atomic E-state index is 13.4. The first-order chi connectivity index (χ1) is 16.6. The number of hydrogen-bond acceptors (Lipinski definition) is 12. The zero-order chi connectivity index (χ0) is 25.6. The Morgan fingerprint density at radius 3 is 2.23 bits per heavy atom. The number of aliphatic hydroxyl groups is 3. The number of phenolic OH excluding ortho intramolecular Hbond substituents is 3. The van der Waals surface area contributed by atoms with Crippen LogP contribution in [0.5, 0.6) is 34.5 Å². The summed E-state index contributed by atoms with van der Waals surface area (Å²) in [6.07, 6.45) is -7.39. The predicted octanol–water partition coefficient (Wildman–Crippen LogP) is 0.800. The van der Waals surface area contributed by atoms with Gasteiger partial charge in [0.05, 0.1) is 20.3 Å². The summed E-state index contributed by atoms with van der Waals surface area (Å²) in [5.41, 5.74) is -1.05. The SMILES string of the molecule is COc1cc(-c2oc3cc(O)cc(O)c3c(=O)c2OC2OC(C)C(O)C(O)C2O)cc(O)c1OC. The van der Waals surface area contributed by atoms with E-state index in [9.17, 15) is 35.4 Å². The summed E-state index contributed by atoms with van der Waals surface area (Å²) in [5.74, 6) is -2.10. The number of aromatic hydroxyl groups is 3. The Balaban J connectivity index is 1.96. The largest absolute Gasteiger partial charge is 0.508 e. The van der Waals surface area contributed by atoms with Crippen molar-refractivity contribution in [3.8, 4) is 45.8 Å². The molecule has 1 aliphatic heterocycles. The van der Waals surface area contributed by atoms with Gasteiger partial charge < -0.3 is 54.0 Å². The lowest BCUT2D eigenvalue weighted by Gasteiger charge is -2.38. The molecule has 0 saturated carbocycles. The average Bonchev–Trinajstić information content (AvgIpc) is 2.81. The molecule has 1 fully saturated rings. The van der Waals surface area contributed by atoms with Crippen molar-refractivity contribution in [1.29, 1.82) is 0 Å². The van der Waals surface area contributed by atoms with Crippen LogP contribution in [-0.4, -0.2) is 75.6 Å². The molecule has 12 heteroatoms. The van der Waals surface area contributed by atoms with Gasteiger partial charge in [0.1, 0.15) is 40.8 Å². The Kier molecular flexibility index (Phi) is 6.38. The van der Waals surface area contributed by atoms with Gasteiger partial charge in [0.25, 0.3) is 0 Å². The van der Waals surface area contributed by atoms with Gasteiger partial charge in [0.15, 0.2) is 17.3 Å². The van der Waals surface area contributed by atoms with Crippen LogP contribution in [0.4, 0.5) is 0 Å². The topological polar surface area (TPSA) is 189 Å². The Morgan fingerprint density at radius 1 is 0.857 bits per heavy atom. The van der Waals surface area contributed by atoms with Gasteiger partial charge in [-0.25, -0.2) is 0 Å². The van der Waals surface area contributed by atoms with Crippen molar-refractivity contribution in [1.82, 2.24) is 0 Å². The van der Waals surface area contributed by atoms with Crippen molar-refractivity contribution < 1.29 is 54.0 Å². The summed E-state index contributed by atoms with van der Waals surface area (Å²) in [5, 5.41) is 60.7. The van der Waals surface area contributed by atoms with Crippen molar-refractivity contribution in [3.63, 3.8) is 0 Å². The van der Waals surface area contributed by atoms with E-state index in [1.165, 1.54) is 33.3 Å². The first kappa shape index (κ1) is 24.4. The number of fused-ring (bicyclic) bond motifs is 1. The number of phenols is 3. The van der Waals surface area contributed by atoms with Crippen molar-refractivity contribution in [2.75, 3.05) is 14.2 Å². The molecule has 35 heavy (non-hydrogen) atoms. The van der Waals surface area contributed by atoms with Crippen LogP contribution in [-0.2, 0) is 4.74 Å². The van der Waals surface area contributed by atoms with Gasteiger partial charge in [0.2, 0.25) is 23.2 Å². The molecular formula is C23H24O12. The van der Waals surface area contributed by atoms with E-state index in [0.717, 1.165) is 12.1 Å². The maximum atomic E-state index is 13.4. The Morgan fingerprint density at radius 2 is 1.57 bits per heavy atom. The van der Waals surface area contributed by atoms with E-state index in [1.54, 1.807) is 0 Å². The molecule has 0 radical (unpaired) electrons. The van der Waals surface area contributed by atoms with E-state index in [0.29, 0.717) is 0 Å². The molecule has 1 aromatic heterocycles. The van der Waals surface area contributed by atoms with E-state index in [1.807, 2.05) is 0 Å². The van der Waals surface area contributed by atoms with Crippen LogP contribution in [0.15, 0.2) is 33.5 Å². The lowest BCUT2D eigenvalue weighted by Crippen LogP contribution is -2.58. The highest BCUT2D eigenvalue weighted by molar-refractivity contribution is 5.88. The lowest BCUT2D eigenvalue weighted by atomic mass is 10.00. The van der Waals surface area contributed by atoms with Crippen molar-refractivity contribution in [3.05, 3.63) is 34.5 Å². The van der Waals surface area contributed by atoms with Gasteiger partial charge in [-0.1, -0.05) is 0 Å². The van der Waals surface area contributed by atoms with Gasteiger partial charge in [0, 0.05) is 17.7 Å². The first-order valence-electron chi connectivity index (χ1n) is 10.4. The second-order valence-corrected chi connectivity index (χ2v) is 7.96. The van der Waals surface area contributed by atoms with Gasteiger partial charge in [-0.2, -0.15) is 0 Å². The molecule has 4 rings (SSSR count). The van der Waals surface area contributed by atoms with Crippen molar-refractivity contribution in [2.24, 2.45) is 0 Å². The van der Waals surface area contributed by atoms with E-state index in [2.05, 4.69) is 0 Å². The van der Waals surface area contributed by atoms with E-state index in [-0.39, 0.29) is 45.3 Å². The number of aliphatic hydroxyl groups excluding tert-OH is 3. The molecule has 0 aliphatic carbocycles. The van der Waals surface area contributed by atoms with E-state index in [4.69, 9.17) is 23.4 Å². The zero-order valence-electron chi connectivity index (χ0n) is 18.8. The summed E-state index contributed by atoms with van der Waals surface area (Å²) in [4.78, 5) is 13.4. The maximum Gasteiger partial charge on any atom is 0.239 e. The van der Waals surface area contributed by atoms with Crippen LogP contribution < -0.4 is 19.6 Å². The molecule has 5 atom stereocenters. The average molecular weight is 492 g/mol. The lowest BCUT2D eigenvalue weighted by molar-refractivity contribution is -0.268. The fourth-order valence-electron chi connectivity index (χ4n) is 3.87. The minimum Gasteiger partial charge on any atom is -0.508 e. The highest BCUT2D eigenvalue weighted by Crippen LogP contribution is 2.44. The summed E-state index contributed by atoms with van der Waals surface area (Å²) in [7, 11) is 2.64. The second kappa shape index (κ2) is 9.15. The van der Waals surface area contributed by atoms with Gasteiger partial charge in [-0.05, 0) is 19.1 Å². The van der Waals surface area contributed by atoms with Gasteiger partial charge in [-0.15, -0.1) is 0 Å². The monoisotopic (exact) mass is 492 g/mol. The highest BCUT2D eigenvalue weighted by Gasteiger charge is 2.44. The molecule has 2 aromatic carbocycles. The Hall–Kier alpha value is -3.71. The van der Waals surface area contributed by atoms with Crippen LogP contribution in [0.2, 0.25) is 0 Å². The number of rotatable bonds is 5. The minimum atomic E-state index is -1.75. The number of ether oxygens (including phenoxy) is 4. The van der Waals surface area contributed by atoms with Crippen LogP contribution >= 0.6 is 0 Å². The fraction of sp³-hybridized carbons (Fsp3) is 0.348. The third kappa shape index (κ3) is 4.17. The quantitative estimate of drug-likeness (QED) is 0.294. The molecule has 3 aromatic rings. The van der Waals surface area contributed by atoms with Crippen LogP contribution in [0, 0.1) is 0 Å². The first-order valence-corrected chi connectivity index (χ1v) is 10.4. The van der Waals surface area contributed by atoms with E-state index >= 15 is 0 Å². The van der Waals surface area contributed by atoms with Gasteiger partial charge in [-0.3, -0.25) is 4.79 Å². The fourth-order valence-corrected chi connectivity index (χ4v) is 3.87. The summed E-state index contributed by atoms with van der Waals surface area (Å²) in [6.45, 7) is 1.43. The normalized spacial score (nSPS) is 24.3. The molecule has 6 N–H and O–H groups in total. The van der Waals surface area contributed by atoms with Crippen LogP contribution in [0.1, 0.15) is 6.92 Å². The molecule has 12 nitrogen and oxygen atoms in total. The summed E-state index contributed by atoms with van der Waals surface area (Å²) >= 11 is 0. The Labute approximate surface area is 197 Å². The molecule has 1 aliphatic rings. The number of hydrogen-bond donors (Lipinski definition) is 6. The second-order valence-electron chi connectivity index (χ2n) is 7.96. The van der Waals surface area contributed by atoms with E-state index < -0.39 is 47.6 Å². The van der Waals surface area contributed by atoms with Crippen molar-refractivity contribution in [2.45, 2.75) is 37.6 Å². The van der Waals surface area contributed by atoms with Gasteiger partial charge >= 0.3 is 0 Å². The molecule has 0 amide bonds. The molecule has 188 valence electrons. The third-order valence-electron chi connectivity index (χ3n) is 5.68. The molecule has 0 spiro atoms. The highest BCUT2D eigenvalue weighted by atomic mass is 16.7. The molecule has 1 saturated heterocycles. The Bertz CT molecular complexity index is 1320. The summed E-state index contributed by atoms with van der Waals surface area (Å²) < 4.78 is 27.2. The molecule has 2 heterocycles. The number of methoxy groups -OCH3 is 2. The third-order valence-corrected chi connectivity index (χ3v) is 5.68. The van der Waals surface area contributed by atoms with Crippen molar-refractivity contribution >= 4 is 11.0 Å². The smallest absolute Gasteiger partial charge is 0.239 e. The van der Waals surface area contributed by atoms with Crippen LogP contribution in [0.3, 0.4) is 0 Å². The number of benzene rings is 2. The minimum absolute atomic E-state index is 0.00844.